The van der Waals surface area contributed by atoms with Gasteiger partial charge in [-0.2, -0.15) is 10.1 Å². The fourth-order valence-corrected chi connectivity index (χ4v) is 2.10. The van der Waals surface area contributed by atoms with Crippen LogP contribution in [-0.2, 0) is 0 Å². The minimum atomic E-state index is -0.389. The van der Waals surface area contributed by atoms with Crippen molar-refractivity contribution in [1.29, 1.82) is 0 Å². The average Bonchev–Trinajstić information content (AvgIpc) is 2.77. The highest BCUT2D eigenvalue weighted by atomic mass is 16.2. The summed E-state index contributed by atoms with van der Waals surface area (Å²) >= 11 is 0. The highest BCUT2D eigenvalue weighted by Crippen LogP contribution is 2.22. The van der Waals surface area contributed by atoms with Gasteiger partial charge in [0, 0.05) is 6.21 Å². The smallest absolute Gasteiger partial charge is 0.267 e. The highest BCUT2D eigenvalue weighted by Gasteiger charge is 2.34. The summed E-state index contributed by atoms with van der Waals surface area (Å²) < 4.78 is 0. The molecule has 4 heteroatoms. The Morgan fingerprint density at radius 3 is 2.00 bits per heavy atom. The predicted molar refractivity (Wildman–Crippen MR) is 80.9 cm³/mol. The zero-order chi connectivity index (χ0) is 14.7. The summed E-state index contributed by atoms with van der Waals surface area (Å²) in [6.07, 6.45) is 4.98. The Labute approximate surface area is 122 Å². The number of amides is 2. The van der Waals surface area contributed by atoms with E-state index in [9.17, 15) is 9.59 Å². The average molecular weight is 276 g/mol. The maximum absolute atomic E-state index is 12.0. The molecular weight excluding hydrogens is 264 g/mol. The van der Waals surface area contributed by atoms with Crippen molar-refractivity contribution in [2.24, 2.45) is 5.10 Å². The highest BCUT2D eigenvalue weighted by molar-refractivity contribution is 6.21. The lowest BCUT2D eigenvalue weighted by Crippen LogP contribution is -2.23. The largest absolute Gasteiger partial charge is 0.282 e. The van der Waals surface area contributed by atoms with Gasteiger partial charge in [0.05, 0.1) is 11.1 Å². The standard InChI is InChI=1S/C17H12N2O2/c20-16-14-10-4-5-11-15(14)17(21)19(16)18-12-6-9-13-7-2-1-3-8-13/h1-12H/b9-6+,18-12-. The van der Waals surface area contributed by atoms with Gasteiger partial charge in [0.2, 0.25) is 0 Å². The second kappa shape index (κ2) is 5.54. The summed E-state index contributed by atoms with van der Waals surface area (Å²) in [7, 11) is 0. The number of hydrogen-bond acceptors (Lipinski definition) is 3. The number of benzene rings is 2. The molecule has 0 bridgehead atoms. The van der Waals surface area contributed by atoms with E-state index < -0.39 is 0 Å². The van der Waals surface area contributed by atoms with Gasteiger partial charge in [0.25, 0.3) is 11.8 Å². The number of hydrazone groups is 1. The molecular formula is C17H12N2O2. The first-order valence-electron chi connectivity index (χ1n) is 6.51. The normalized spacial score (nSPS) is 14.4. The molecule has 0 saturated carbocycles. The van der Waals surface area contributed by atoms with E-state index in [4.69, 9.17) is 0 Å². The summed E-state index contributed by atoms with van der Waals surface area (Å²) in [4.78, 5) is 24.1. The molecule has 0 N–H and O–H groups in total. The van der Waals surface area contributed by atoms with Crippen molar-refractivity contribution >= 4 is 24.1 Å². The molecule has 1 aliphatic rings. The van der Waals surface area contributed by atoms with E-state index in [1.54, 1.807) is 30.3 Å². The molecule has 4 nitrogen and oxygen atoms in total. The zero-order valence-electron chi connectivity index (χ0n) is 11.1. The number of carbonyl (C=O) groups excluding carboxylic acids is 2. The number of nitrogens with zero attached hydrogens (tertiary/aromatic N) is 2. The van der Waals surface area contributed by atoms with E-state index in [0.29, 0.717) is 11.1 Å². The van der Waals surface area contributed by atoms with Crippen LogP contribution in [0.15, 0.2) is 65.8 Å². The molecule has 3 rings (SSSR count). The summed E-state index contributed by atoms with van der Waals surface area (Å²) in [5.74, 6) is -0.778. The first-order chi connectivity index (χ1) is 10.3. The van der Waals surface area contributed by atoms with Gasteiger partial charge >= 0.3 is 0 Å². The van der Waals surface area contributed by atoms with Crippen molar-refractivity contribution in [1.82, 2.24) is 5.01 Å². The molecule has 102 valence electrons. The number of rotatable bonds is 3. The zero-order valence-corrected chi connectivity index (χ0v) is 11.1. The van der Waals surface area contributed by atoms with Gasteiger partial charge in [-0.3, -0.25) is 9.59 Å². The fourth-order valence-electron chi connectivity index (χ4n) is 2.10. The van der Waals surface area contributed by atoms with Crippen LogP contribution in [0.4, 0.5) is 0 Å². The Kier molecular flexibility index (Phi) is 3.43. The number of imide groups is 1. The Morgan fingerprint density at radius 1 is 0.810 bits per heavy atom. The molecule has 0 spiro atoms. The molecule has 0 fully saturated rings. The molecule has 1 heterocycles. The quantitative estimate of drug-likeness (QED) is 0.639. The van der Waals surface area contributed by atoms with Crippen molar-refractivity contribution in [3.63, 3.8) is 0 Å². The van der Waals surface area contributed by atoms with Crippen LogP contribution in [0, 0.1) is 0 Å². The SMILES string of the molecule is O=C1c2ccccc2C(=O)N1/N=C\C=C\c1ccccc1. The summed E-state index contributed by atoms with van der Waals surface area (Å²) in [5, 5.41) is 4.83. The van der Waals surface area contributed by atoms with E-state index in [1.807, 2.05) is 36.4 Å². The van der Waals surface area contributed by atoms with Gasteiger partial charge in [0.15, 0.2) is 0 Å². The number of allylic oxidation sites excluding steroid dienone is 1. The van der Waals surface area contributed by atoms with E-state index in [2.05, 4.69) is 5.10 Å². The van der Waals surface area contributed by atoms with Crippen LogP contribution in [0.1, 0.15) is 26.3 Å². The van der Waals surface area contributed by atoms with Crippen LogP contribution in [0.2, 0.25) is 0 Å². The number of fused-ring (bicyclic) bond motifs is 1. The molecule has 2 aromatic rings. The van der Waals surface area contributed by atoms with Gasteiger partial charge in [-0.15, -0.1) is 0 Å². The fraction of sp³-hybridized carbons (Fsp3) is 0. The topological polar surface area (TPSA) is 49.7 Å². The number of hydrogen-bond donors (Lipinski definition) is 0. The van der Waals surface area contributed by atoms with E-state index in [0.717, 1.165) is 10.6 Å². The first kappa shape index (κ1) is 13.0. The molecule has 1 aliphatic heterocycles. The van der Waals surface area contributed by atoms with E-state index in [1.165, 1.54) is 6.21 Å². The van der Waals surface area contributed by atoms with Gasteiger partial charge in [-0.25, -0.2) is 0 Å². The van der Waals surface area contributed by atoms with Crippen LogP contribution in [-0.4, -0.2) is 23.0 Å². The van der Waals surface area contributed by atoms with E-state index >= 15 is 0 Å². The predicted octanol–water partition coefficient (Wildman–Crippen LogP) is 2.98. The molecule has 0 radical (unpaired) electrons. The lowest BCUT2D eigenvalue weighted by atomic mass is 10.1. The van der Waals surface area contributed by atoms with Gasteiger partial charge in [0.1, 0.15) is 0 Å². The van der Waals surface area contributed by atoms with Crippen molar-refractivity contribution in [2.45, 2.75) is 0 Å². The number of carbonyl (C=O) groups is 2. The summed E-state index contributed by atoms with van der Waals surface area (Å²) in [5.41, 5.74) is 1.81. The summed E-state index contributed by atoms with van der Waals surface area (Å²) in [6, 6.07) is 16.4. The van der Waals surface area contributed by atoms with Crippen molar-refractivity contribution in [2.75, 3.05) is 0 Å². The van der Waals surface area contributed by atoms with Crippen molar-refractivity contribution in [3.05, 3.63) is 77.4 Å². The lowest BCUT2D eigenvalue weighted by molar-refractivity contribution is 0.0660. The molecule has 0 aliphatic carbocycles. The monoisotopic (exact) mass is 276 g/mol. The third-order valence-electron chi connectivity index (χ3n) is 3.13. The third-order valence-corrected chi connectivity index (χ3v) is 3.13. The molecule has 0 atom stereocenters. The van der Waals surface area contributed by atoms with Crippen LogP contribution in [0.3, 0.4) is 0 Å². The van der Waals surface area contributed by atoms with Crippen molar-refractivity contribution < 1.29 is 9.59 Å². The maximum Gasteiger partial charge on any atom is 0.282 e. The van der Waals surface area contributed by atoms with Gasteiger partial charge in [-0.1, -0.05) is 48.5 Å². The third kappa shape index (κ3) is 2.51. The molecule has 2 amide bonds. The Morgan fingerprint density at radius 2 is 1.38 bits per heavy atom. The second-order valence-electron chi connectivity index (χ2n) is 4.50. The molecule has 0 unspecified atom stereocenters. The molecule has 0 aromatic heterocycles. The lowest BCUT2D eigenvalue weighted by Gasteiger charge is -2.04. The second-order valence-corrected chi connectivity index (χ2v) is 4.50. The molecule has 0 saturated heterocycles. The maximum atomic E-state index is 12.0. The minimum absolute atomic E-state index is 0.389. The van der Waals surface area contributed by atoms with E-state index in [-0.39, 0.29) is 11.8 Å². The van der Waals surface area contributed by atoms with Gasteiger partial charge in [-0.05, 0) is 23.8 Å². The van der Waals surface area contributed by atoms with Crippen LogP contribution in [0.25, 0.3) is 6.08 Å². The Hall–Kier alpha value is -3.01. The summed E-state index contributed by atoms with van der Waals surface area (Å²) in [6.45, 7) is 0. The van der Waals surface area contributed by atoms with Crippen LogP contribution in [0.5, 0.6) is 0 Å². The Bertz CT molecular complexity index is 713. The van der Waals surface area contributed by atoms with Crippen molar-refractivity contribution in [3.8, 4) is 0 Å². The Balaban J connectivity index is 1.75. The molecule has 21 heavy (non-hydrogen) atoms. The molecule has 2 aromatic carbocycles. The van der Waals surface area contributed by atoms with Crippen LogP contribution < -0.4 is 0 Å². The van der Waals surface area contributed by atoms with Gasteiger partial charge < -0.3 is 0 Å². The first-order valence-corrected chi connectivity index (χ1v) is 6.51. The van der Waals surface area contributed by atoms with Crippen LogP contribution >= 0.6 is 0 Å². The minimum Gasteiger partial charge on any atom is -0.267 e.